The Hall–Kier alpha value is -2.17. The first kappa shape index (κ1) is 12.3. The van der Waals surface area contributed by atoms with E-state index in [-0.39, 0.29) is 11.8 Å². The van der Waals surface area contributed by atoms with Crippen LogP contribution in [0.25, 0.3) is 11.3 Å². The van der Waals surface area contributed by atoms with Crippen molar-refractivity contribution in [2.75, 3.05) is 12.8 Å². The van der Waals surface area contributed by atoms with Gasteiger partial charge in [-0.3, -0.25) is 0 Å². The number of aryl methyl sites for hydroxylation is 2. The standard InChI is InChI=1S/C13H14FN3O/c1-7-4-9(14)5-8(2)12(7)10-6-11(18-3)17-13(15)16-10/h4-6H,1-3H3,(H2,15,16,17). The van der Waals surface area contributed by atoms with Gasteiger partial charge in [-0.2, -0.15) is 4.98 Å². The van der Waals surface area contributed by atoms with Crippen molar-refractivity contribution in [3.8, 4) is 17.1 Å². The summed E-state index contributed by atoms with van der Waals surface area (Å²) in [5.74, 6) is 0.260. The molecule has 0 unspecified atom stereocenters. The van der Waals surface area contributed by atoms with Crippen molar-refractivity contribution < 1.29 is 9.13 Å². The van der Waals surface area contributed by atoms with E-state index < -0.39 is 0 Å². The Kier molecular flexibility index (Phi) is 3.14. The summed E-state index contributed by atoms with van der Waals surface area (Å²) in [6, 6.07) is 4.61. The van der Waals surface area contributed by atoms with E-state index in [2.05, 4.69) is 9.97 Å². The zero-order valence-corrected chi connectivity index (χ0v) is 10.5. The van der Waals surface area contributed by atoms with Gasteiger partial charge in [-0.1, -0.05) is 0 Å². The van der Waals surface area contributed by atoms with Gasteiger partial charge in [0, 0.05) is 11.6 Å². The monoisotopic (exact) mass is 247 g/mol. The van der Waals surface area contributed by atoms with Crippen molar-refractivity contribution in [3.05, 3.63) is 35.1 Å². The fourth-order valence-electron chi connectivity index (χ4n) is 1.99. The third-order valence-electron chi connectivity index (χ3n) is 2.68. The van der Waals surface area contributed by atoms with Crippen molar-refractivity contribution in [1.29, 1.82) is 0 Å². The molecule has 2 N–H and O–H groups in total. The molecular formula is C13H14FN3O. The van der Waals surface area contributed by atoms with Crippen LogP contribution in [0.2, 0.25) is 0 Å². The third-order valence-corrected chi connectivity index (χ3v) is 2.68. The number of nitrogens with zero attached hydrogens (tertiary/aromatic N) is 2. The minimum absolute atomic E-state index is 0.132. The zero-order chi connectivity index (χ0) is 13.3. The average molecular weight is 247 g/mol. The fraction of sp³-hybridized carbons (Fsp3) is 0.231. The molecule has 0 fully saturated rings. The van der Waals surface area contributed by atoms with E-state index in [1.807, 2.05) is 13.8 Å². The molecule has 0 aliphatic carbocycles. The quantitative estimate of drug-likeness (QED) is 0.885. The lowest BCUT2D eigenvalue weighted by Crippen LogP contribution is -2.01. The zero-order valence-electron chi connectivity index (χ0n) is 10.5. The lowest BCUT2D eigenvalue weighted by atomic mass is 9.99. The van der Waals surface area contributed by atoms with Gasteiger partial charge in [0.15, 0.2) is 0 Å². The summed E-state index contributed by atoms with van der Waals surface area (Å²) in [7, 11) is 1.51. The SMILES string of the molecule is COc1cc(-c2c(C)cc(F)cc2C)nc(N)n1. The van der Waals surface area contributed by atoms with E-state index in [0.717, 1.165) is 16.7 Å². The molecule has 0 aliphatic rings. The molecule has 1 aromatic heterocycles. The molecule has 0 bridgehead atoms. The minimum Gasteiger partial charge on any atom is -0.481 e. The van der Waals surface area contributed by atoms with Crippen LogP contribution in [-0.2, 0) is 0 Å². The highest BCUT2D eigenvalue weighted by molar-refractivity contribution is 5.69. The van der Waals surface area contributed by atoms with Gasteiger partial charge in [0.05, 0.1) is 12.8 Å². The van der Waals surface area contributed by atoms with E-state index in [1.165, 1.54) is 19.2 Å². The summed E-state index contributed by atoms with van der Waals surface area (Å²) < 4.78 is 18.3. The average Bonchev–Trinajstić information content (AvgIpc) is 2.26. The highest BCUT2D eigenvalue weighted by Crippen LogP contribution is 2.28. The largest absolute Gasteiger partial charge is 0.481 e. The van der Waals surface area contributed by atoms with E-state index in [9.17, 15) is 4.39 Å². The van der Waals surface area contributed by atoms with Crippen molar-refractivity contribution >= 4 is 5.95 Å². The van der Waals surface area contributed by atoms with Crippen molar-refractivity contribution in [3.63, 3.8) is 0 Å². The summed E-state index contributed by atoms with van der Waals surface area (Å²) in [6.45, 7) is 3.66. The molecular weight excluding hydrogens is 233 g/mol. The number of halogens is 1. The molecule has 0 saturated heterocycles. The fourth-order valence-corrected chi connectivity index (χ4v) is 1.99. The van der Waals surface area contributed by atoms with Crippen LogP contribution in [0.4, 0.5) is 10.3 Å². The predicted molar refractivity (Wildman–Crippen MR) is 67.9 cm³/mol. The molecule has 18 heavy (non-hydrogen) atoms. The number of aromatic nitrogens is 2. The second kappa shape index (κ2) is 4.60. The van der Waals surface area contributed by atoms with Crippen LogP contribution >= 0.6 is 0 Å². The molecule has 0 spiro atoms. The lowest BCUT2D eigenvalue weighted by molar-refractivity contribution is 0.398. The molecule has 94 valence electrons. The number of anilines is 1. The van der Waals surface area contributed by atoms with Gasteiger partial charge in [0.25, 0.3) is 0 Å². The number of methoxy groups -OCH3 is 1. The highest BCUT2D eigenvalue weighted by Gasteiger charge is 2.11. The summed E-state index contributed by atoms with van der Waals surface area (Å²) in [4.78, 5) is 8.09. The molecule has 1 aromatic carbocycles. The topological polar surface area (TPSA) is 61.0 Å². The molecule has 5 heteroatoms. The predicted octanol–water partition coefficient (Wildman–Crippen LogP) is 2.49. The third kappa shape index (κ3) is 2.25. The molecule has 4 nitrogen and oxygen atoms in total. The normalized spacial score (nSPS) is 10.4. The summed E-state index contributed by atoms with van der Waals surface area (Å²) in [5.41, 5.74) is 8.71. The summed E-state index contributed by atoms with van der Waals surface area (Å²) in [6.07, 6.45) is 0. The van der Waals surface area contributed by atoms with E-state index in [0.29, 0.717) is 11.6 Å². The van der Waals surface area contributed by atoms with E-state index >= 15 is 0 Å². The van der Waals surface area contributed by atoms with Crippen molar-refractivity contribution in [1.82, 2.24) is 9.97 Å². The molecule has 0 amide bonds. The number of hydrogen-bond donors (Lipinski definition) is 1. The molecule has 0 aliphatic heterocycles. The highest BCUT2D eigenvalue weighted by atomic mass is 19.1. The van der Waals surface area contributed by atoms with Crippen LogP contribution in [0.3, 0.4) is 0 Å². The first-order valence-corrected chi connectivity index (χ1v) is 5.47. The maximum absolute atomic E-state index is 13.3. The van der Waals surface area contributed by atoms with Gasteiger partial charge in [-0.25, -0.2) is 9.37 Å². The first-order chi connectivity index (χ1) is 8.51. The van der Waals surface area contributed by atoms with Crippen molar-refractivity contribution in [2.45, 2.75) is 13.8 Å². The molecule has 0 atom stereocenters. The Morgan fingerprint density at radius 1 is 1.11 bits per heavy atom. The number of nitrogens with two attached hydrogens (primary N) is 1. The van der Waals surface area contributed by atoms with Crippen LogP contribution < -0.4 is 10.5 Å². The summed E-state index contributed by atoms with van der Waals surface area (Å²) >= 11 is 0. The molecule has 0 saturated carbocycles. The molecule has 2 rings (SSSR count). The number of benzene rings is 1. The first-order valence-electron chi connectivity index (χ1n) is 5.47. The van der Waals surface area contributed by atoms with Crippen LogP contribution in [0, 0.1) is 19.7 Å². The smallest absolute Gasteiger partial charge is 0.223 e. The van der Waals surface area contributed by atoms with Gasteiger partial charge in [0.1, 0.15) is 5.82 Å². The van der Waals surface area contributed by atoms with Crippen LogP contribution in [0.1, 0.15) is 11.1 Å². The Balaban J connectivity index is 2.65. The van der Waals surface area contributed by atoms with Crippen LogP contribution in [0.5, 0.6) is 5.88 Å². The summed E-state index contributed by atoms with van der Waals surface area (Å²) in [5, 5.41) is 0. The van der Waals surface area contributed by atoms with Crippen LogP contribution in [0.15, 0.2) is 18.2 Å². The van der Waals surface area contributed by atoms with E-state index in [4.69, 9.17) is 10.5 Å². The maximum Gasteiger partial charge on any atom is 0.223 e. The minimum atomic E-state index is -0.261. The van der Waals surface area contributed by atoms with Gasteiger partial charge in [-0.15, -0.1) is 0 Å². The van der Waals surface area contributed by atoms with Crippen LogP contribution in [-0.4, -0.2) is 17.1 Å². The number of rotatable bonds is 2. The van der Waals surface area contributed by atoms with Gasteiger partial charge in [0.2, 0.25) is 11.8 Å². The Bertz CT molecular complexity index is 576. The Morgan fingerprint density at radius 2 is 1.72 bits per heavy atom. The molecule has 2 aromatic rings. The number of ether oxygens (including phenoxy) is 1. The number of hydrogen-bond acceptors (Lipinski definition) is 4. The van der Waals surface area contributed by atoms with Gasteiger partial charge < -0.3 is 10.5 Å². The van der Waals surface area contributed by atoms with Gasteiger partial charge >= 0.3 is 0 Å². The maximum atomic E-state index is 13.3. The molecule has 1 heterocycles. The van der Waals surface area contributed by atoms with Gasteiger partial charge in [-0.05, 0) is 37.1 Å². The van der Waals surface area contributed by atoms with Crippen molar-refractivity contribution in [2.24, 2.45) is 0 Å². The molecule has 0 radical (unpaired) electrons. The number of nitrogen functional groups attached to an aromatic ring is 1. The lowest BCUT2D eigenvalue weighted by Gasteiger charge is -2.11. The second-order valence-electron chi connectivity index (χ2n) is 4.07. The Labute approximate surface area is 105 Å². The second-order valence-corrected chi connectivity index (χ2v) is 4.07. The van der Waals surface area contributed by atoms with E-state index in [1.54, 1.807) is 6.07 Å². The Morgan fingerprint density at radius 3 is 2.28 bits per heavy atom.